The van der Waals surface area contributed by atoms with E-state index in [9.17, 15) is 4.79 Å². The van der Waals surface area contributed by atoms with Crippen LogP contribution < -0.4 is 23.7 Å². The van der Waals surface area contributed by atoms with E-state index in [1.807, 2.05) is 19.3 Å². The summed E-state index contributed by atoms with van der Waals surface area (Å²) in [7, 11) is 0. The van der Waals surface area contributed by atoms with Crippen LogP contribution in [0.5, 0.6) is 0 Å². The number of hydrazine groups is 1. The van der Waals surface area contributed by atoms with Crippen molar-refractivity contribution < 1.29 is 21.9 Å². The molecule has 0 aliphatic carbocycles. The lowest BCUT2D eigenvalue weighted by Gasteiger charge is -2.11. The molecular weight excluding hydrogens is 168 g/mol. The van der Waals surface area contributed by atoms with Gasteiger partial charge in [0.15, 0.2) is 0 Å². The number of hydrogen-bond donors (Lipinski definition) is 2. The van der Waals surface area contributed by atoms with E-state index in [2.05, 4.69) is 0 Å². The minimum absolute atomic E-state index is 0. The molecule has 1 amide bonds. The molecule has 0 spiro atoms. The van der Waals surface area contributed by atoms with Crippen molar-refractivity contribution in [1.29, 1.82) is 0 Å². The van der Waals surface area contributed by atoms with Crippen LogP contribution in [0.25, 0.3) is 0 Å². The minimum Gasteiger partial charge on any atom is -1.00 e. The van der Waals surface area contributed by atoms with Gasteiger partial charge in [-0.1, -0.05) is 6.92 Å². The van der Waals surface area contributed by atoms with Gasteiger partial charge in [-0.15, -0.1) is 0 Å². The molecule has 1 atom stereocenters. The summed E-state index contributed by atoms with van der Waals surface area (Å²) in [6, 6.07) is 0. The molecule has 68 valence electrons. The molecule has 1 unspecified atom stereocenters. The fourth-order valence-corrected chi connectivity index (χ4v) is 0.673. The number of rotatable bonds is 4. The summed E-state index contributed by atoms with van der Waals surface area (Å²) >= 11 is 0. The largest absolute Gasteiger partial charge is 1.00 e. The molecular formula is C6H14ClN2O2-. The topological polar surface area (TPSA) is 64.3 Å². The predicted octanol–water partition coefficient (Wildman–Crippen LogP) is -3.20. The Morgan fingerprint density at radius 2 is 2.18 bits per heavy atom. The zero-order chi connectivity index (χ0) is 7.98. The van der Waals surface area contributed by atoms with Crippen LogP contribution in [0.15, 0.2) is 0 Å². The van der Waals surface area contributed by atoms with Gasteiger partial charge in [0.05, 0.1) is 0 Å². The smallest absolute Gasteiger partial charge is 0.262 e. The molecule has 0 aromatic rings. The van der Waals surface area contributed by atoms with E-state index in [1.54, 1.807) is 0 Å². The summed E-state index contributed by atoms with van der Waals surface area (Å²) in [5.74, 6) is 4.64. The van der Waals surface area contributed by atoms with Gasteiger partial charge in [0.25, 0.3) is 5.91 Å². The normalized spacial score (nSPS) is 11.5. The van der Waals surface area contributed by atoms with Crippen molar-refractivity contribution in [3.05, 3.63) is 0 Å². The van der Waals surface area contributed by atoms with E-state index in [4.69, 9.17) is 10.6 Å². The summed E-state index contributed by atoms with van der Waals surface area (Å²) in [6.45, 7) is 4.24. The lowest BCUT2D eigenvalue weighted by molar-refractivity contribution is -0.132. The van der Waals surface area contributed by atoms with Crippen LogP contribution in [0.1, 0.15) is 20.3 Å². The van der Waals surface area contributed by atoms with E-state index < -0.39 is 6.10 Å². The third-order valence-corrected chi connectivity index (χ3v) is 1.17. The third kappa shape index (κ3) is 5.01. The second-order valence-corrected chi connectivity index (χ2v) is 1.86. The van der Waals surface area contributed by atoms with Crippen molar-refractivity contribution in [2.24, 2.45) is 5.84 Å². The first-order valence-corrected chi connectivity index (χ1v) is 3.38. The van der Waals surface area contributed by atoms with Gasteiger partial charge >= 0.3 is 0 Å². The van der Waals surface area contributed by atoms with Gasteiger partial charge in [0.1, 0.15) is 6.10 Å². The molecule has 0 saturated heterocycles. The highest BCUT2D eigenvalue weighted by molar-refractivity contribution is 5.79. The van der Waals surface area contributed by atoms with Gasteiger partial charge in [0.2, 0.25) is 0 Å². The maximum absolute atomic E-state index is 10.8. The Labute approximate surface area is 72.9 Å². The molecule has 0 radical (unpaired) electrons. The average Bonchev–Trinajstić information content (AvgIpc) is 1.99. The second-order valence-electron chi connectivity index (χ2n) is 1.86. The standard InChI is InChI=1S/C6H14N2O2.ClH/c1-3-5(10-4-2)6(9)8-7;/h5H,3-4,7H2,1-2H3,(H,8,9);1H/p-1. The van der Waals surface area contributed by atoms with Crippen LogP contribution in [-0.2, 0) is 9.53 Å². The van der Waals surface area contributed by atoms with Gasteiger partial charge < -0.3 is 17.1 Å². The zero-order valence-electron chi connectivity index (χ0n) is 6.76. The second kappa shape index (κ2) is 7.78. The number of nitrogens with two attached hydrogens (primary N) is 1. The molecule has 0 rings (SSSR count). The van der Waals surface area contributed by atoms with E-state index in [-0.39, 0.29) is 18.3 Å². The van der Waals surface area contributed by atoms with Crippen molar-refractivity contribution >= 4 is 5.91 Å². The molecule has 3 N–H and O–H groups in total. The molecule has 5 heteroatoms. The van der Waals surface area contributed by atoms with Crippen LogP contribution in [-0.4, -0.2) is 18.6 Å². The number of ether oxygens (including phenoxy) is 1. The van der Waals surface area contributed by atoms with Gasteiger partial charge in [-0.25, -0.2) is 5.84 Å². The van der Waals surface area contributed by atoms with E-state index >= 15 is 0 Å². The van der Waals surface area contributed by atoms with Crippen LogP contribution in [0.4, 0.5) is 0 Å². The van der Waals surface area contributed by atoms with Gasteiger partial charge in [-0.2, -0.15) is 0 Å². The Morgan fingerprint density at radius 3 is 2.45 bits per heavy atom. The lowest BCUT2D eigenvalue weighted by atomic mass is 10.3. The summed E-state index contributed by atoms with van der Waals surface area (Å²) in [4.78, 5) is 10.8. The maximum Gasteiger partial charge on any atom is 0.262 e. The molecule has 0 saturated carbocycles. The van der Waals surface area contributed by atoms with Crippen molar-refractivity contribution in [2.45, 2.75) is 26.4 Å². The molecule has 11 heavy (non-hydrogen) atoms. The molecule has 0 aromatic heterocycles. The van der Waals surface area contributed by atoms with E-state index in [0.717, 1.165) is 0 Å². The molecule has 0 aliphatic rings. The highest BCUT2D eigenvalue weighted by atomic mass is 35.5. The molecule has 0 fully saturated rings. The van der Waals surface area contributed by atoms with Crippen molar-refractivity contribution in [3.63, 3.8) is 0 Å². The molecule has 0 heterocycles. The monoisotopic (exact) mass is 181 g/mol. The number of halogens is 1. The quantitative estimate of drug-likeness (QED) is 0.273. The van der Waals surface area contributed by atoms with Gasteiger partial charge in [-0.3, -0.25) is 10.2 Å². The van der Waals surface area contributed by atoms with Crippen LogP contribution in [0.2, 0.25) is 0 Å². The number of carbonyl (C=O) groups excluding carboxylic acids is 1. The predicted molar refractivity (Wildman–Crippen MR) is 38.0 cm³/mol. The first-order valence-electron chi connectivity index (χ1n) is 3.38. The van der Waals surface area contributed by atoms with Gasteiger partial charge in [0, 0.05) is 6.61 Å². The number of nitrogens with one attached hydrogen (secondary N) is 1. The lowest BCUT2D eigenvalue weighted by Crippen LogP contribution is -3.00. The summed E-state index contributed by atoms with van der Waals surface area (Å²) in [5.41, 5.74) is 2.04. The Morgan fingerprint density at radius 1 is 1.64 bits per heavy atom. The fourth-order valence-electron chi connectivity index (χ4n) is 0.673. The summed E-state index contributed by atoms with van der Waals surface area (Å²) < 4.78 is 5.05. The zero-order valence-corrected chi connectivity index (χ0v) is 7.52. The Hall–Kier alpha value is -0.320. The third-order valence-electron chi connectivity index (χ3n) is 1.17. The summed E-state index contributed by atoms with van der Waals surface area (Å²) in [6.07, 6.45) is 0.256. The van der Waals surface area contributed by atoms with E-state index in [0.29, 0.717) is 13.0 Å². The van der Waals surface area contributed by atoms with Crippen LogP contribution in [0, 0.1) is 0 Å². The summed E-state index contributed by atoms with van der Waals surface area (Å²) in [5, 5.41) is 0. The Balaban J connectivity index is 0. The van der Waals surface area contributed by atoms with Crippen LogP contribution in [0.3, 0.4) is 0 Å². The minimum atomic E-state index is -0.394. The van der Waals surface area contributed by atoms with Crippen molar-refractivity contribution in [1.82, 2.24) is 5.43 Å². The fraction of sp³-hybridized carbons (Fsp3) is 0.833. The Kier molecular flexibility index (Phi) is 9.40. The van der Waals surface area contributed by atoms with Gasteiger partial charge in [-0.05, 0) is 13.3 Å². The van der Waals surface area contributed by atoms with Crippen LogP contribution >= 0.6 is 0 Å². The molecule has 0 aliphatic heterocycles. The first-order chi connectivity index (χ1) is 4.76. The average molecular weight is 182 g/mol. The number of hydrogen-bond acceptors (Lipinski definition) is 3. The highest BCUT2D eigenvalue weighted by Gasteiger charge is 2.13. The SMILES string of the molecule is CCOC(CC)C(=O)NN.[Cl-]. The number of carbonyl (C=O) groups is 1. The van der Waals surface area contributed by atoms with E-state index in [1.165, 1.54) is 0 Å². The first kappa shape index (κ1) is 13.3. The highest BCUT2D eigenvalue weighted by Crippen LogP contribution is 1.96. The van der Waals surface area contributed by atoms with Crippen molar-refractivity contribution in [2.75, 3.05) is 6.61 Å². The van der Waals surface area contributed by atoms with Crippen molar-refractivity contribution in [3.8, 4) is 0 Å². The number of amides is 1. The molecule has 0 bridgehead atoms. The molecule has 0 aromatic carbocycles. The maximum atomic E-state index is 10.8. The Bertz CT molecular complexity index is 111. The molecule has 4 nitrogen and oxygen atoms in total.